The van der Waals surface area contributed by atoms with Gasteiger partial charge < -0.3 is 24.1 Å². The summed E-state index contributed by atoms with van der Waals surface area (Å²) in [6, 6.07) is 12.5. The normalized spacial score (nSPS) is 15.0. The fourth-order valence-corrected chi connectivity index (χ4v) is 3.86. The van der Waals surface area contributed by atoms with Crippen molar-refractivity contribution in [2.45, 2.75) is 11.3 Å². The van der Waals surface area contributed by atoms with E-state index in [1.165, 1.54) is 18.9 Å². The third kappa shape index (κ3) is 4.31. The topological polar surface area (TPSA) is 87.5 Å². The molecule has 1 amide bonds. The van der Waals surface area contributed by atoms with E-state index < -0.39 is 0 Å². The number of carbonyl (C=O) groups excluding carboxylic acids is 1. The number of hydrogen-bond donors (Lipinski definition) is 1. The van der Waals surface area contributed by atoms with Gasteiger partial charge in [0.15, 0.2) is 28.6 Å². The van der Waals surface area contributed by atoms with E-state index in [1.54, 1.807) is 22.8 Å². The molecule has 0 saturated heterocycles. The van der Waals surface area contributed by atoms with Crippen molar-refractivity contribution in [3.05, 3.63) is 53.3 Å². The largest absolute Gasteiger partial charge is 0.495 e. The Bertz CT molecular complexity index is 1070. The van der Waals surface area contributed by atoms with Crippen LogP contribution in [0.3, 0.4) is 0 Å². The highest BCUT2D eigenvalue weighted by Gasteiger charge is 2.27. The van der Waals surface area contributed by atoms with E-state index in [0.29, 0.717) is 45.5 Å². The van der Waals surface area contributed by atoms with Crippen LogP contribution in [0, 0.1) is 0 Å². The van der Waals surface area contributed by atoms with Crippen molar-refractivity contribution < 1.29 is 19.0 Å². The molecule has 3 aromatic rings. The molecule has 10 heteroatoms. The number of carbonyl (C=O) groups is 1. The third-order valence-corrected chi connectivity index (χ3v) is 5.69. The van der Waals surface area contributed by atoms with Gasteiger partial charge in [-0.2, -0.15) is 0 Å². The van der Waals surface area contributed by atoms with Crippen LogP contribution in [0.4, 0.5) is 5.69 Å². The molecule has 1 atom stereocenters. The molecule has 2 aromatic carbocycles. The number of rotatable bonds is 6. The van der Waals surface area contributed by atoms with Crippen molar-refractivity contribution in [1.82, 2.24) is 14.8 Å². The lowest BCUT2D eigenvalue weighted by Crippen LogP contribution is -2.24. The fourth-order valence-electron chi connectivity index (χ4n) is 2.97. The molecule has 8 nitrogen and oxygen atoms in total. The number of methoxy groups -OCH3 is 1. The number of hydrogen-bond acceptors (Lipinski definition) is 7. The highest BCUT2D eigenvalue weighted by Crippen LogP contribution is 2.36. The van der Waals surface area contributed by atoms with E-state index in [9.17, 15) is 4.79 Å². The van der Waals surface area contributed by atoms with Crippen molar-refractivity contribution in [2.24, 2.45) is 7.05 Å². The van der Waals surface area contributed by atoms with Crippen molar-refractivity contribution in [1.29, 1.82) is 0 Å². The number of fused-ring (bicyclic) bond motifs is 1. The lowest BCUT2D eigenvalue weighted by molar-refractivity contribution is -0.113. The number of anilines is 1. The van der Waals surface area contributed by atoms with Crippen LogP contribution in [0.2, 0.25) is 5.02 Å². The second-order valence-corrected chi connectivity index (χ2v) is 7.82. The molecule has 156 valence electrons. The summed E-state index contributed by atoms with van der Waals surface area (Å²) >= 11 is 7.27. The Morgan fingerprint density at radius 1 is 1.30 bits per heavy atom. The van der Waals surface area contributed by atoms with Gasteiger partial charge in [-0.15, -0.1) is 10.2 Å². The predicted molar refractivity (Wildman–Crippen MR) is 114 cm³/mol. The van der Waals surface area contributed by atoms with E-state index in [4.69, 9.17) is 25.8 Å². The van der Waals surface area contributed by atoms with Gasteiger partial charge in [0.05, 0.1) is 18.6 Å². The SMILES string of the molecule is COc1ccc(Cl)cc1NC(=O)CSc1nnc(C2COc3ccccc3O2)n1C. The van der Waals surface area contributed by atoms with Crippen LogP contribution in [0.1, 0.15) is 11.9 Å². The zero-order chi connectivity index (χ0) is 21.1. The highest BCUT2D eigenvalue weighted by atomic mass is 35.5. The minimum absolute atomic E-state index is 0.145. The molecule has 0 bridgehead atoms. The number of ether oxygens (including phenoxy) is 3. The molecule has 0 radical (unpaired) electrons. The molecule has 30 heavy (non-hydrogen) atoms. The first-order valence-electron chi connectivity index (χ1n) is 9.09. The van der Waals surface area contributed by atoms with Crippen molar-refractivity contribution >= 4 is 35.0 Å². The molecule has 0 fully saturated rings. The highest BCUT2D eigenvalue weighted by molar-refractivity contribution is 7.99. The Hall–Kier alpha value is -2.91. The van der Waals surface area contributed by atoms with Crippen molar-refractivity contribution in [3.63, 3.8) is 0 Å². The summed E-state index contributed by atoms with van der Waals surface area (Å²) in [4.78, 5) is 12.4. The van der Waals surface area contributed by atoms with E-state index in [0.717, 1.165) is 0 Å². The fraction of sp³-hybridized carbons (Fsp3) is 0.250. The van der Waals surface area contributed by atoms with E-state index in [1.807, 2.05) is 31.3 Å². The summed E-state index contributed by atoms with van der Waals surface area (Å²) < 4.78 is 18.8. The van der Waals surface area contributed by atoms with Gasteiger partial charge in [-0.05, 0) is 30.3 Å². The molecule has 0 aliphatic carbocycles. The zero-order valence-electron chi connectivity index (χ0n) is 16.3. The molecule has 1 aromatic heterocycles. The van der Waals surface area contributed by atoms with Crippen molar-refractivity contribution in [2.75, 3.05) is 24.8 Å². The quantitative estimate of drug-likeness (QED) is 0.577. The molecule has 1 N–H and O–H groups in total. The summed E-state index contributed by atoms with van der Waals surface area (Å²) in [6.07, 6.45) is -0.378. The van der Waals surface area contributed by atoms with Gasteiger partial charge in [0, 0.05) is 12.1 Å². The Kier molecular flexibility index (Phi) is 6.01. The number of benzene rings is 2. The lowest BCUT2D eigenvalue weighted by Gasteiger charge is -2.25. The minimum atomic E-state index is -0.378. The Balaban J connectivity index is 1.39. The smallest absolute Gasteiger partial charge is 0.234 e. The summed E-state index contributed by atoms with van der Waals surface area (Å²) in [5.74, 6) is 2.47. The Morgan fingerprint density at radius 3 is 2.90 bits per heavy atom. The maximum absolute atomic E-state index is 12.4. The van der Waals surface area contributed by atoms with Gasteiger partial charge >= 0.3 is 0 Å². The molecular weight excluding hydrogens is 428 g/mol. The molecule has 1 aliphatic heterocycles. The third-order valence-electron chi connectivity index (χ3n) is 4.43. The second-order valence-electron chi connectivity index (χ2n) is 6.45. The maximum Gasteiger partial charge on any atom is 0.234 e. The van der Waals surface area contributed by atoms with E-state index in [-0.39, 0.29) is 17.8 Å². The van der Waals surface area contributed by atoms with Crippen LogP contribution >= 0.6 is 23.4 Å². The van der Waals surface area contributed by atoms with Gasteiger partial charge in [0.25, 0.3) is 0 Å². The molecule has 1 aliphatic rings. The number of para-hydroxylation sites is 2. The summed E-state index contributed by atoms with van der Waals surface area (Å²) in [5, 5.41) is 12.3. The molecule has 2 heterocycles. The summed E-state index contributed by atoms with van der Waals surface area (Å²) in [7, 11) is 3.36. The summed E-state index contributed by atoms with van der Waals surface area (Å²) in [5.41, 5.74) is 0.515. The average Bonchev–Trinajstić information content (AvgIpc) is 3.12. The standard InChI is InChI=1S/C20H19ClN4O4S/c1-25-19(17-10-28-15-5-3-4-6-16(15)29-17)23-24-20(25)30-11-18(26)22-13-9-12(21)7-8-14(13)27-2/h3-9,17H,10-11H2,1-2H3,(H,22,26). The molecule has 0 spiro atoms. The molecule has 0 saturated carbocycles. The zero-order valence-corrected chi connectivity index (χ0v) is 17.9. The van der Waals surface area contributed by atoms with Crippen LogP contribution in [0.15, 0.2) is 47.6 Å². The monoisotopic (exact) mass is 446 g/mol. The van der Waals surface area contributed by atoms with Crippen LogP contribution in [0.5, 0.6) is 17.2 Å². The molecular formula is C20H19ClN4O4S. The average molecular weight is 447 g/mol. The number of nitrogens with one attached hydrogen (secondary N) is 1. The first-order valence-corrected chi connectivity index (χ1v) is 10.5. The van der Waals surface area contributed by atoms with Crippen LogP contribution in [0.25, 0.3) is 0 Å². The van der Waals surface area contributed by atoms with Crippen LogP contribution < -0.4 is 19.5 Å². The first kappa shape index (κ1) is 20.4. The number of nitrogens with zero attached hydrogens (tertiary/aromatic N) is 3. The van der Waals surface area contributed by atoms with E-state index in [2.05, 4.69) is 15.5 Å². The molecule has 1 unspecified atom stereocenters. The van der Waals surface area contributed by atoms with Gasteiger partial charge in [0.1, 0.15) is 12.4 Å². The van der Waals surface area contributed by atoms with Crippen LogP contribution in [-0.2, 0) is 11.8 Å². The van der Waals surface area contributed by atoms with Gasteiger partial charge in [-0.25, -0.2) is 0 Å². The minimum Gasteiger partial charge on any atom is -0.495 e. The number of aromatic nitrogens is 3. The van der Waals surface area contributed by atoms with Gasteiger partial charge in [-0.1, -0.05) is 35.5 Å². The predicted octanol–water partition coefficient (Wildman–Crippen LogP) is 3.72. The van der Waals surface area contributed by atoms with E-state index >= 15 is 0 Å². The van der Waals surface area contributed by atoms with Crippen LogP contribution in [-0.4, -0.2) is 40.1 Å². The van der Waals surface area contributed by atoms with Crippen molar-refractivity contribution in [3.8, 4) is 17.2 Å². The second kappa shape index (κ2) is 8.85. The number of thioether (sulfide) groups is 1. The maximum atomic E-state index is 12.4. The van der Waals surface area contributed by atoms with Gasteiger partial charge in [-0.3, -0.25) is 4.79 Å². The Morgan fingerprint density at radius 2 is 2.10 bits per heavy atom. The van der Waals surface area contributed by atoms with Gasteiger partial charge in [0.2, 0.25) is 5.91 Å². The first-order chi connectivity index (χ1) is 14.5. The lowest BCUT2D eigenvalue weighted by atomic mass is 10.2. The number of halogens is 1. The Labute approximate surface area is 182 Å². The number of amides is 1. The molecule has 4 rings (SSSR count). The summed E-state index contributed by atoms with van der Waals surface area (Å²) in [6.45, 7) is 0.336.